The fraction of sp³-hybridized carbons (Fsp3) is 0. The third-order valence-electron chi connectivity index (χ3n) is 1.79. The highest BCUT2D eigenvalue weighted by molar-refractivity contribution is 5.78. The van der Waals surface area contributed by atoms with Gasteiger partial charge in [0.1, 0.15) is 0 Å². The molecule has 0 radical (unpaired) electrons. The van der Waals surface area contributed by atoms with Gasteiger partial charge in [0, 0.05) is 11.5 Å². The molecule has 1 heterocycles. The van der Waals surface area contributed by atoms with Crippen molar-refractivity contribution in [1.82, 2.24) is 4.98 Å². The Labute approximate surface area is 71.8 Å². The highest BCUT2D eigenvalue weighted by Crippen LogP contribution is 2.16. The van der Waals surface area contributed by atoms with Gasteiger partial charge >= 0.3 is 0 Å². The van der Waals surface area contributed by atoms with E-state index >= 15 is 0 Å². The number of aromatic nitrogens is 1. The van der Waals surface area contributed by atoms with Gasteiger partial charge in [-0.05, 0) is 18.2 Å². The largest absolute Gasteiger partial charge is 0.322 e. The molecule has 0 aliphatic rings. The van der Waals surface area contributed by atoms with Crippen LogP contribution in [-0.4, -0.2) is 4.98 Å². The summed E-state index contributed by atoms with van der Waals surface area (Å²) in [5, 5.41) is 0.0830. The number of aromatic amines is 1. The van der Waals surface area contributed by atoms with Gasteiger partial charge in [-0.3, -0.25) is 4.79 Å². The number of hydrogen-bond donors (Lipinski definition) is 1. The lowest BCUT2D eigenvalue weighted by Gasteiger charge is -1.98. The van der Waals surface area contributed by atoms with Crippen LogP contribution in [0.4, 0.5) is 8.78 Å². The Morgan fingerprint density at radius 2 is 1.85 bits per heavy atom. The van der Waals surface area contributed by atoms with E-state index in [4.69, 9.17) is 0 Å². The molecule has 0 bridgehead atoms. The van der Waals surface area contributed by atoms with Crippen LogP contribution in [-0.2, 0) is 0 Å². The molecule has 4 heteroatoms. The van der Waals surface area contributed by atoms with E-state index in [0.29, 0.717) is 5.52 Å². The summed E-state index contributed by atoms with van der Waals surface area (Å²) < 4.78 is 25.7. The predicted molar refractivity (Wildman–Crippen MR) is 44.5 cm³/mol. The highest BCUT2D eigenvalue weighted by Gasteiger charge is 2.06. The number of hydrogen-bond acceptors (Lipinski definition) is 1. The Balaban J connectivity index is 2.95. The van der Waals surface area contributed by atoms with E-state index in [9.17, 15) is 13.6 Å². The maximum Gasteiger partial charge on any atom is 0.248 e. The molecule has 0 unspecified atom stereocenters. The maximum atomic E-state index is 13.0. The molecule has 1 N–H and O–H groups in total. The Bertz CT molecular complexity index is 518. The number of pyridine rings is 1. The summed E-state index contributed by atoms with van der Waals surface area (Å²) in [4.78, 5) is 13.2. The first-order valence-electron chi connectivity index (χ1n) is 3.65. The first kappa shape index (κ1) is 7.91. The van der Waals surface area contributed by atoms with E-state index in [2.05, 4.69) is 4.98 Å². The standard InChI is InChI=1S/C9H5F2NO/c10-6-2-3-7-5(9(6)11)1-4-8(13)12-7/h1-4H,(H,12,13). The van der Waals surface area contributed by atoms with E-state index in [1.165, 1.54) is 12.1 Å². The van der Waals surface area contributed by atoms with Crippen molar-refractivity contribution in [1.29, 1.82) is 0 Å². The zero-order valence-corrected chi connectivity index (χ0v) is 6.47. The average Bonchev–Trinajstić information content (AvgIpc) is 2.12. The Morgan fingerprint density at radius 3 is 2.62 bits per heavy atom. The van der Waals surface area contributed by atoms with E-state index in [1.54, 1.807) is 0 Å². The molecule has 2 aromatic rings. The molecule has 0 fully saturated rings. The van der Waals surface area contributed by atoms with E-state index in [-0.39, 0.29) is 10.9 Å². The molecule has 1 aromatic carbocycles. The number of benzene rings is 1. The molecule has 0 amide bonds. The number of H-pyrrole nitrogens is 1. The third-order valence-corrected chi connectivity index (χ3v) is 1.79. The zero-order valence-electron chi connectivity index (χ0n) is 6.47. The molecule has 2 nitrogen and oxygen atoms in total. The second kappa shape index (κ2) is 2.65. The Morgan fingerprint density at radius 1 is 1.08 bits per heavy atom. The van der Waals surface area contributed by atoms with Crippen molar-refractivity contribution in [2.24, 2.45) is 0 Å². The van der Waals surface area contributed by atoms with E-state index < -0.39 is 11.6 Å². The normalized spacial score (nSPS) is 10.6. The molecular weight excluding hydrogens is 176 g/mol. The van der Waals surface area contributed by atoms with Crippen LogP contribution in [0.25, 0.3) is 10.9 Å². The first-order valence-corrected chi connectivity index (χ1v) is 3.65. The summed E-state index contributed by atoms with van der Waals surface area (Å²) in [7, 11) is 0. The van der Waals surface area contributed by atoms with Crippen LogP contribution in [0.5, 0.6) is 0 Å². The minimum absolute atomic E-state index is 0.0830. The van der Waals surface area contributed by atoms with Gasteiger partial charge in [-0.2, -0.15) is 0 Å². The number of halogens is 2. The topological polar surface area (TPSA) is 32.9 Å². The molecule has 0 saturated carbocycles. The van der Waals surface area contributed by atoms with Crippen molar-refractivity contribution in [3.8, 4) is 0 Å². The molecule has 0 spiro atoms. The molecule has 13 heavy (non-hydrogen) atoms. The van der Waals surface area contributed by atoms with Crippen molar-refractivity contribution in [3.05, 3.63) is 46.3 Å². The van der Waals surface area contributed by atoms with Crippen molar-refractivity contribution < 1.29 is 8.78 Å². The summed E-state index contributed by atoms with van der Waals surface area (Å²) in [6.07, 6.45) is 0. The van der Waals surface area contributed by atoms with Crippen molar-refractivity contribution in [2.45, 2.75) is 0 Å². The average molecular weight is 181 g/mol. The van der Waals surface area contributed by atoms with Gasteiger partial charge in [-0.15, -0.1) is 0 Å². The van der Waals surface area contributed by atoms with Gasteiger partial charge in [-0.1, -0.05) is 0 Å². The van der Waals surface area contributed by atoms with Crippen LogP contribution in [0.1, 0.15) is 0 Å². The molecular formula is C9H5F2NO. The minimum Gasteiger partial charge on any atom is -0.322 e. The van der Waals surface area contributed by atoms with Crippen molar-refractivity contribution in [3.63, 3.8) is 0 Å². The Kier molecular flexibility index (Phi) is 1.62. The maximum absolute atomic E-state index is 13.0. The number of nitrogens with one attached hydrogen (secondary N) is 1. The summed E-state index contributed by atoms with van der Waals surface area (Å²) in [6.45, 7) is 0. The van der Waals surface area contributed by atoms with Gasteiger partial charge in [-0.25, -0.2) is 8.78 Å². The van der Waals surface area contributed by atoms with E-state index in [0.717, 1.165) is 12.1 Å². The predicted octanol–water partition coefficient (Wildman–Crippen LogP) is 1.81. The molecule has 0 atom stereocenters. The lowest BCUT2D eigenvalue weighted by atomic mass is 10.2. The van der Waals surface area contributed by atoms with Crippen LogP contribution in [0.3, 0.4) is 0 Å². The second-order valence-electron chi connectivity index (χ2n) is 2.65. The summed E-state index contributed by atoms with van der Waals surface area (Å²) in [5.74, 6) is -1.85. The van der Waals surface area contributed by atoms with Gasteiger partial charge in [0.25, 0.3) is 0 Å². The van der Waals surface area contributed by atoms with Gasteiger partial charge < -0.3 is 4.98 Å². The summed E-state index contributed by atoms with van der Waals surface area (Å²) in [5.41, 5.74) is -0.0371. The summed E-state index contributed by atoms with van der Waals surface area (Å²) >= 11 is 0. The number of fused-ring (bicyclic) bond motifs is 1. The molecule has 2 rings (SSSR count). The third kappa shape index (κ3) is 1.20. The highest BCUT2D eigenvalue weighted by atomic mass is 19.2. The first-order chi connectivity index (χ1) is 6.18. The van der Waals surface area contributed by atoms with Crippen molar-refractivity contribution >= 4 is 10.9 Å². The lowest BCUT2D eigenvalue weighted by Crippen LogP contribution is -2.03. The molecule has 66 valence electrons. The molecule has 1 aromatic heterocycles. The monoisotopic (exact) mass is 181 g/mol. The quantitative estimate of drug-likeness (QED) is 0.660. The smallest absolute Gasteiger partial charge is 0.248 e. The molecule has 0 saturated heterocycles. The van der Waals surface area contributed by atoms with Crippen LogP contribution < -0.4 is 5.56 Å². The van der Waals surface area contributed by atoms with E-state index in [1.807, 2.05) is 0 Å². The van der Waals surface area contributed by atoms with Crippen LogP contribution in [0.15, 0.2) is 29.1 Å². The zero-order chi connectivity index (χ0) is 9.42. The SMILES string of the molecule is O=c1ccc2c(F)c(F)ccc2[nH]1. The van der Waals surface area contributed by atoms with Gasteiger partial charge in [0.2, 0.25) is 5.56 Å². The van der Waals surface area contributed by atoms with Crippen LogP contribution in [0, 0.1) is 11.6 Å². The fourth-order valence-corrected chi connectivity index (χ4v) is 1.17. The molecule has 0 aliphatic carbocycles. The summed E-state index contributed by atoms with van der Waals surface area (Å²) in [6, 6.07) is 4.72. The fourth-order valence-electron chi connectivity index (χ4n) is 1.17. The molecule has 0 aliphatic heterocycles. The lowest BCUT2D eigenvalue weighted by molar-refractivity contribution is 0.517. The second-order valence-corrected chi connectivity index (χ2v) is 2.65. The van der Waals surface area contributed by atoms with Gasteiger partial charge in [0.15, 0.2) is 11.6 Å². The van der Waals surface area contributed by atoms with Crippen LogP contribution in [0.2, 0.25) is 0 Å². The minimum atomic E-state index is -0.936. The van der Waals surface area contributed by atoms with Gasteiger partial charge in [0.05, 0.1) is 5.52 Å². The Hall–Kier alpha value is -1.71. The van der Waals surface area contributed by atoms with Crippen molar-refractivity contribution in [2.75, 3.05) is 0 Å². The van der Waals surface area contributed by atoms with Crippen LogP contribution >= 0.6 is 0 Å². The number of rotatable bonds is 0.